The number of rotatable bonds is 6. The Balaban J connectivity index is 1.24. The Morgan fingerprint density at radius 3 is 2.48 bits per heavy atom. The number of aromatic nitrogens is 2. The Bertz CT molecular complexity index is 1040. The summed E-state index contributed by atoms with van der Waals surface area (Å²) in [6.07, 6.45) is 0. The fourth-order valence-electron chi connectivity index (χ4n) is 3.51. The highest BCUT2D eigenvalue weighted by Crippen LogP contribution is 2.20. The van der Waals surface area contributed by atoms with Crippen molar-refractivity contribution in [2.24, 2.45) is 0 Å². The van der Waals surface area contributed by atoms with Crippen LogP contribution >= 0.6 is 11.6 Å². The molecular weight excluding hydrogens is 414 g/mol. The van der Waals surface area contributed by atoms with Crippen molar-refractivity contribution in [3.8, 4) is 11.4 Å². The lowest BCUT2D eigenvalue weighted by atomic mass is 10.1. The minimum atomic E-state index is -0.0342. The van der Waals surface area contributed by atoms with Crippen LogP contribution in [0, 0.1) is 13.8 Å². The summed E-state index contributed by atoms with van der Waals surface area (Å²) >= 11 is 6.13. The minimum absolute atomic E-state index is 0.0342. The second-order valence-electron chi connectivity index (χ2n) is 7.94. The normalized spacial score (nSPS) is 15.2. The average molecular weight is 440 g/mol. The van der Waals surface area contributed by atoms with Crippen LogP contribution in [0.5, 0.6) is 0 Å². The molecule has 0 bridgehead atoms. The highest BCUT2D eigenvalue weighted by molar-refractivity contribution is 6.31. The number of amides is 1. The first-order chi connectivity index (χ1) is 15.0. The van der Waals surface area contributed by atoms with Gasteiger partial charge in [0.25, 0.3) is 0 Å². The number of anilines is 1. The van der Waals surface area contributed by atoms with Gasteiger partial charge in [-0.3, -0.25) is 14.6 Å². The number of carbonyl (C=O) groups is 1. The topological polar surface area (TPSA) is 74.5 Å². The number of carbonyl (C=O) groups excluding carboxylic acids is 1. The second-order valence-corrected chi connectivity index (χ2v) is 8.35. The van der Waals surface area contributed by atoms with Gasteiger partial charge in [-0.1, -0.05) is 52.7 Å². The lowest BCUT2D eigenvalue weighted by Crippen LogP contribution is -2.48. The zero-order valence-electron chi connectivity index (χ0n) is 17.8. The molecule has 0 saturated carbocycles. The van der Waals surface area contributed by atoms with Gasteiger partial charge in [-0.05, 0) is 31.5 Å². The number of aryl methyl sites for hydroxylation is 2. The average Bonchev–Trinajstić information content (AvgIpc) is 3.21. The molecule has 2 heterocycles. The van der Waals surface area contributed by atoms with Gasteiger partial charge in [0.1, 0.15) is 0 Å². The smallest absolute Gasteiger partial charge is 0.241 e. The summed E-state index contributed by atoms with van der Waals surface area (Å²) < 4.78 is 5.44. The number of nitrogens with zero attached hydrogens (tertiary/aromatic N) is 4. The molecule has 1 saturated heterocycles. The van der Waals surface area contributed by atoms with Gasteiger partial charge in [0.2, 0.25) is 17.6 Å². The Labute approximate surface area is 187 Å². The van der Waals surface area contributed by atoms with E-state index in [0.29, 0.717) is 29.8 Å². The molecular formula is C23H26ClN5O2. The van der Waals surface area contributed by atoms with Gasteiger partial charge in [-0.15, -0.1) is 0 Å². The van der Waals surface area contributed by atoms with Gasteiger partial charge < -0.3 is 9.84 Å². The quantitative estimate of drug-likeness (QED) is 0.630. The van der Waals surface area contributed by atoms with Crippen LogP contribution in [-0.4, -0.2) is 58.6 Å². The molecule has 0 spiro atoms. The van der Waals surface area contributed by atoms with Crippen LogP contribution in [0.15, 0.2) is 47.0 Å². The van der Waals surface area contributed by atoms with Crippen molar-refractivity contribution < 1.29 is 9.32 Å². The number of nitrogens with one attached hydrogen (secondary N) is 1. The zero-order valence-corrected chi connectivity index (χ0v) is 18.5. The predicted molar refractivity (Wildman–Crippen MR) is 121 cm³/mol. The van der Waals surface area contributed by atoms with Crippen LogP contribution in [0.25, 0.3) is 11.4 Å². The molecule has 1 aliphatic heterocycles. The van der Waals surface area contributed by atoms with Crippen molar-refractivity contribution in [1.82, 2.24) is 19.9 Å². The summed E-state index contributed by atoms with van der Waals surface area (Å²) in [5.74, 6) is 1.19. The standard InChI is InChI=1S/C23H26ClN5O2/c1-16-3-6-18(7-4-16)23-26-22(31-27-23)15-29-11-9-28(10-12-29)14-21(30)25-19-8-5-17(2)20(24)13-19/h3-8,13H,9-12,14-15H2,1-2H3,(H,25,30). The molecule has 1 fully saturated rings. The summed E-state index contributed by atoms with van der Waals surface area (Å²) in [7, 11) is 0. The highest BCUT2D eigenvalue weighted by Gasteiger charge is 2.21. The molecule has 162 valence electrons. The molecule has 0 unspecified atom stereocenters. The number of hydrogen-bond acceptors (Lipinski definition) is 6. The maximum atomic E-state index is 12.4. The van der Waals surface area contributed by atoms with E-state index >= 15 is 0 Å². The molecule has 3 aromatic rings. The minimum Gasteiger partial charge on any atom is -0.338 e. The van der Waals surface area contributed by atoms with E-state index in [1.165, 1.54) is 5.56 Å². The molecule has 1 aromatic heterocycles. The van der Waals surface area contributed by atoms with E-state index in [1.807, 2.05) is 50.2 Å². The van der Waals surface area contributed by atoms with E-state index in [2.05, 4.69) is 25.3 Å². The van der Waals surface area contributed by atoms with Crippen LogP contribution in [0.3, 0.4) is 0 Å². The van der Waals surface area contributed by atoms with Gasteiger partial charge in [-0.25, -0.2) is 0 Å². The predicted octanol–water partition coefficient (Wildman–Crippen LogP) is 3.76. The fourth-order valence-corrected chi connectivity index (χ4v) is 3.69. The SMILES string of the molecule is Cc1ccc(-c2noc(CN3CCN(CC(=O)Nc4ccc(C)c(Cl)c4)CC3)n2)cc1. The van der Waals surface area contributed by atoms with E-state index in [0.717, 1.165) is 43.0 Å². The number of piperazine rings is 1. The van der Waals surface area contributed by atoms with E-state index in [9.17, 15) is 4.79 Å². The van der Waals surface area contributed by atoms with Crippen molar-refractivity contribution in [3.05, 3.63) is 64.5 Å². The van der Waals surface area contributed by atoms with Crippen molar-refractivity contribution in [2.75, 3.05) is 38.0 Å². The summed E-state index contributed by atoms with van der Waals surface area (Å²) in [6, 6.07) is 13.6. The summed E-state index contributed by atoms with van der Waals surface area (Å²) in [5, 5.41) is 7.67. The maximum Gasteiger partial charge on any atom is 0.241 e. The van der Waals surface area contributed by atoms with Crippen molar-refractivity contribution in [1.29, 1.82) is 0 Å². The third-order valence-electron chi connectivity index (χ3n) is 5.42. The maximum absolute atomic E-state index is 12.4. The van der Waals surface area contributed by atoms with Crippen molar-refractivity contribution in [2.45, 2.75) is 20.4 Å². The van der Waals surface area contributed by atoms with Crippen molar-refractivity contribution >= 4 is 23.2 Å². The molecule has 0 radical (unpaired) electrons. The summed E-state index contributed by atoms with van der Waals surface area (Å²) in [4.78, 5) is 21.3. The monoisotopic (exact) mass is 439 g/mol. The fraction of sp³-hybridized carbons (Fsp3) is 0.348. The zero-order chi connectivity index (χ0) is 21.8. The molecule has 8 heteroatoms. The van der Waals surface area contributed by atoms with Gasteiger partial charge in [0.15, 0.2) is 0 Å². The van der Waals surface area contributed by atoms with Crippen molar-refractivity contribution in [3.63, 3.8) is 0 Å². The molecule has 1 aliphatic rings. The lowest BCUT2D eigenvalue weighted by Gasteiger charge is -2.33. The molecule has 1 amide bonds. The van der Waals surface area contributed by atoms with Gasteiger partial charge >= 0.3 is 0 Å². The van der Waals surface area contributed by atoms with Crippen LogP contribution in [0.2, 0.25) is 5.02 Å². The number of benzene rings is 2. The van der Waals surface area contributed by atoms with E-state index in [1.54, 1.807) is 6.07 Å². The molecule has 4 rings (SSSR count). The first-order valence-electron chi connectivity index (χ1n) is 10.4. The number of halogens is 1. The van der Waals surface area contributed by atoms with E-state index in [4.69, 9.17) is 16.1 Å². The lowest BCUT2D eigenvalue weighted by molar-refractivity contribution is -0.117. The third-order valence-corrected chi connectivity index (χ3v) is 5.83. The van der Waals surface area contributed by atoms with Gasteiger partial charge in [0.05, 0.1) is 13.1 Å². The van der Waals surface area contributed by atoms with Gasteiger partial charge in [-0.2, -0.15) is 4.98 Å². The first-order valence-corrected chi connectivity index (χ1v) is 10.7. The van der Waals surface area contributed by atoms with Crippen LogP contribution in [-0.2, 0) is 11.3 Å². The Morgan fingerprint density at radius 1 is 1.06 bits per heavy atom. The highest BCUT2D eigenvalue weighted by atomic mass is 35.5. The first kappa shape index (κ1) is 21.5. The Morgan fingerprint density at radius 2 is 1.77 bits per heavy atom. The van der Waals surface area contributed by atoms with Crippen LogP contribution in [0.1, 0.15) is 17.0 Å². The number of hydrogen-bond donors (Lipinski definition) is 1. The van der Waals surface area contributed by atoms with Gasteiger partial charge in [0, 0.05) is 42.5 Å². The summed E-state index contributed by atoms with van der Waals surface area (Å²) in [5.41, 5.74) is 3.86. The molecule has 2 aromatic carbocycles. The molecule has 31 heavy (non-hydrogen) atoms. The molecule has 7 nitrogen and oxygen atoms in total. The Hall–Kier alpha value is -2.74. The van der Waals surface area contributed by atoms with E-state index in [-0.39, 0.29) is 5.91 Å². The Kier molecular flexibility index (Phi) is 6.65. The van der Waals surface area contributed by atoms with Crippen LogP contribution < -0.4 is 5.32 Å². The summed E-state index contributed by atoms with van der Waals surface area (Å²) in [6.45, 7) is 8.25. The largest absolute Gasteiger partial charge is 0.338 e. The van der Waals surface area contributed by atoms with E-state index < -0.39 is 0 Å². The molecule has 0 atom stereocenters. The molecule has 0 aliphatic carbocycles. The third kappa shape index (κ3) is 5.70. The molecule has 1 N–H and O–H groups in total. The second kappa shape index (κ2) is 9.60. The van der Waals surface area contributed by atoms with Crippen LogP contribution in [0.4, 0.5) is 5.69 Å².